The average molecular weight is 411 g/mol. The second-order valence-corrected chi connectivity index (χ2v) is 9.83. The first kappa shape index (κ1) is 19.2. The van der Waals surface area contributed by atoms with Gasteiger partial charge in [0.05, 0.1) is 21.5 Å². The molecule has 1 unspecified atom stereocenters. The summed E-state index contributed by atoms with van der Waals surface area (Å²) in [6.45, 7) is 0. The summed E-state index contributed by atoms with van der Waals surface area (Å²) in [4.78, 5) is 14.0. The molecule has 0 spiro atoms. The fourth-order valence-electron chi connectivity index (χ4n) is 2.78. The smallest absolute Gasteiger partial charge is 0.253 e. The fraction of sp³-hybridized carbons (Fsp3) is 0.278. The van der Waals surface area contributed by atoms with Crippen LogP contribution in [0.2, 0.25) is 5.02 Å². The van der Waals surface area contributed by atoms with Gasteiger partial charge in [-0.05, 0) is 36.2 Å². The summed E-state index contributed by atoms with van der Waals surface area (Å²) < 4.78 is 25.7. The van der Waals surface area contributed by atoms with Gasteiger partial charge in [-0.15, -0.1) is 11.8 Å². The Bertz CT molecular complexity index is 945. The van der Waals surface area contributed by atoms with Crippen LogP contribution in [0.25, 0.3) is 0 Å². The van der Waals surface area contributed by atoms with Gasteiger partial charge in [0.2, 0.25) is 10.0 Å². The van der Waals surface area contributed by atoms with Crippen LogP contribution in [0.5, 0.6) is 0 Å². The summed E-state index contributed by atoms with van der Waals surface area (Å²) in [7, 11) is -0.751. The van der Waals surface area contributed by atoms with Crippen LogP contribution in [0.3, 0.4) is 0 Å². The molecule has 2 aromatic carbocycles. The Kier molecular flexibility index (Phi) is 5.62. The highest BCUT2D eigenvalue weighted by molar-refractivity contribution is 7.99. The molecule has 1 N–H and O–H groups in total. The van der Waals surface area contributed by atoms with E-state index in [0.29, 0.717) is 0 Å². The van der Waals surface area contributed by atoms with Gasteiger partial charge in [0.1, 0.15) is 0 Å². The van der Waals surface area contributed by atoms with Gasteiger partial charge in [0.25, 0.3) is 5.91 Å². The highest BCUT2D eigenvalue weighted by Crippen LogP contribution is 2.36. The molecule has 0 aromatic heterocycles. The van der Waals surface area contributed by atoms with Crippen molar-refractivity contribution < 1.29 is 13.2 Å². The normalized spacial score (nSPS) is 17.0. The van der Waals surface area contributed by atoms with Crippen LogP contribution in [0, 0.1) is 0 Å². The molecule has 0 aliphatic carbocycles. The lowest BCUT2D eigenvalue weighted by Crippen LogP contribution is -2.31. The first-order valence-corrected chi connectivity index (χ1v) is 10.9. The van der Waals surface area contributed by atoms with E-state index < -0.39 is 10.0 Å². The van der Waals surface area contributed by atoms with E-state index in [1.165, 1.54) is 32.3 Å². The number of hydrogen-bond acceptors (Lipinski definition) is 4. The van der Waals surface area contributed by atoms with Crippen LogP contribution in [0.4, 0.5) is 0 Å². The van der Waals surface area contributed by atoms with Crippen LogP contribution in [0.15, 0.2) is 52.3 Å². The zero-order valence-electron chi connectivity index (χ0n) is 14.4. The molecular formula is C18H19ClN2O3S2. The van der Waals surface area contributed by atoms with E-state index in [2.05, 4.69) is 5.32 Å². The monoisotopic (exact) mass is 410 g/mol. The van der Waals surface area contributed by atoms with E-state index in [9.17, 15) is 13.2 Å². The summed E-state index contributed by atoms with van der Waals surface area (Å²) in [6.07, 6.45) is 0.806. The maximum atomic E-state index is 12.8. The fourth-order valence-corrected chi connectivity index (χ4v) is 5.03. The summed E-state index contributed by atoms with van der Waals surface area (Å²) in [6, 6.07) is 12.0. The molecule has 0 fully saturated rings. The molecule has 1 heterocycles. The number of benzene rings is 2. The Morgan fingerprint density at radius 1 is 1.23 bits per heavy atom. The van der Waals surface area contributed by atoms with Crippen LogP contribution < -0.4 is 5.32 Å². The molecule has 5 nitrogen and oxygen atoms in total. The lowest BCUT2D eigenvalue weighted by atomic mass is 10.0. The van der Waals surface area contributed by atoms with Gasteiger partial charge in [-0.3, -0.25) is 4.79 Å². The summed E-state index contributed by atoms with van der Waals surface area (Å²) in [5.41, 5.74) is 1.23. The number of rotatable bonds is 4. The number of carbonyl (C=O) groups excluding carboxylic acids is 1. The summed E-state index contributed by atoms with van der Waals surface area (Å²) in [5.74, 6) is 0.530. The van der Waals surface area contributed by atoms with Gasteiger partial charge in [0.15, 0.2) is 0 Å². The number of halogens is 1. The third-order valence-corrected chi connectivity index (χ3v) is 7.49. The molecule has 26 heavy (non-hydrogen) atoms. The Morgan fingerprint density at radius 2 is 1.96 bits per heavy atom. The van der Waals surface area contributed by atoms with Gasteiger partial charge < -0.3 is 5.32 Å². The SMILES string of the molecule is CN(C)S(=O)(=O)c1ccc(Cl)c(C(=O)NC2CCSc3ccccc32)c1. The number of sulfonamides is 1. The Hall–Kier alpha value is -1.54. The van der Waals surface area contributed by atoms with Crippen molar-refractivity contribution in [3.8, 4) is 0 Å². The number of thioether (sulfide) groups is 1. The molecule has 0 radical (unpaired) electrons. The number of amides is 1. The Balaban J connectivity index is 1.90. The molecule has 138 valence electrons. The molecule has 1 atom stereocenters. The molecule has 3 rings (SSSR count). The van der Waals surface area contributed by atoms with E-state index in [0.717, 1.165) is 26.9 Å². The average Bonchev–Trinajstić information content (AvgIpc) is 2.62. The van der Waals surface area contributed by atoms with Gasteiger partial charge in [-0.1, -0.05) is 29.8 Å². The number of nitrogens with zero attached hydrogens (tertiary/aromatic N) is 1. The zero-order valence-corrected chi connectivity index (χ0v) is 16.8. The molecule has 1 aliphatic heterocycles. The minimum absolute atomic E-state index is 0.0386. The maximum absolute atomic E-state index is 12.8. The molecule has 1 aliphatic rings. The van der Waals surface area contributed by atoms with E-state index in [1.54, 1.807) is 11.8 Å². The zero-order chi connectivity index (χ0) is 18.9. The summed E-state index contributed by atoms with van der Waals surface area (Å²) >= 11 is 7.93. The maximum Gasteiger partial charge on any atom is 0.253 e. The van der Waals surface area contributed by atoms with Crippen molar-refractivity contribution in [3.05, 3.63) is 58.6 Å². The van der Waals surface area contributed by atoms with Crippen molar-refractivity contribution >= 4 is 39.3 Å². The molecule has 1 amide bonds. The first-order valence-electron chi connectivity index (χ1n) is 8.05. The molecule has 0 saturated carbocycles. The third kappa shape index (κ3) is 3.76. The van der Waals surface area contributed by atoms with Crippen LogP contribution >= 0.6 is 23.4 Å². The highest BCUT2D eigenvalue weighted by atomic mass is 35.5. The van der Waals surface area contributed by atoms with Crippen molar-refractivity contribution in [2.24, 2.45) is 0 Å². The molecular weight excluding hydrogens is 392 g/mol. The Morgan fingerprint density at radius 3 is 2.69 bits per heavy atom. The number of nitrogens with one attached hydrogen (secondary N) is 1. The lowest BCUT2D eigenvalue weighted by molar-refractivity contribution is 0.0935. The second kappa shape index (κ2) is 7.60. The largest absolute Gasteiger partial charge is 0.345 e. The number of hydrogen-bond donors (Lipinski definition) is 1. The molecule has 0 saturated heterocycles. The van der Waals surface area contributed by atoms with Crippen molar-refractivity contribution in [2.75, 3.05) is 19.8 Å². The van der Waals surface area contributed by atoms with Gasteiger partial charge in [-0.25, -0.2) is 12.7 Å². The van der Waals surface area contributed by atoms with Crippen molar-refractivity contribution in [3.63, 3.8) is 0 Å². The lowest BCUT2D eigenvalue weighted by Gasteiger charge is -2.26. The predicted molar refractivity (Wildman–Crippen MR) is 104 cm³/mol. The van der Waals surface area contributed by atoms with Crippen LogP contribution in [-0.2, 0) is 10.0 Å². The van der Waals surface area contributed by atoms with E-state index in [1.807, 2.05) is 24.3 Å². The second-order valence-electron chi connectivity index (χ2n) is 6.13. The number of fused-ring (bicyclic) bond motifs is 1. The van der Waals surface area contributed by atoms with E-state index in [-0.39, 0.29) is 27.4 Å². The van der Waals surface area contributed by atoms with E-state index in [4.69, 9.17) is 11.6 Å². The third-order valence-electron chi connectivity index (χ3n) is 4.22. The van der Waals surface area contributed by atoms with Crippen LogP contribution in [0.1, 0.15) is 28.4 Å². The minimum atomic E-state index is -3.64. The highest BCUT2D eigenvalue weighted by Gasteiger charge is 2.25. The predicted octanol–water partition coefficient (Wildman–Crippen LogP) is 3.56. The quantitative estimate of drug-likeness (QED) is 0.836. The van der Waals surface area contributed by atoms with Crippen molar-refractivity contribution in [2.45, 2.75) is 22.3 Å². The number of carbonyl (C=O) groups is 1. The Labute approximate surface area is 162 Å². The van der Waals surface area contributed by atoms with Gasteiger partial charge in [0, 0.05) is 24.7 Å². The standard InChI is InChI=1S/C18H19ClN2O3S2/c1-21(2)26(23,24)12-7-8-15(19)14(11-12)18(22)20-16-9-10-25-17-6-4-3-5-13(16)17/h3-8,11,16H,9-10H2,1-2H3,(H,20,22). The molecule has 2 aromatic rings. The van der Waals surface area contributed by atoms with Gasteiger partial charge >= 0.3 is 0 Å². The van der Waals surface area contributed by atoms with E-state index >= 15 is 0 Å². The molecule has 0 bridgehead atoms. The van der Waals surface area contributed by atoms with Crippen molar-refractivity contribution in [1.29, 1.82) is 0 Å². The van der Waals surface area contributed by atoms with Crippen molar-refractivity contribution in [1.82, 2.24) is 9.62 Å². The first-order chi connectivity index (χ1) is 12.3. The summed E-state index contributed by atoms with van der Waals surface area (Å²) in [5, 5.41) is 3.22. The minimum Gasteiger partial charge on any atom is -0.345 e. The topological polar surface area (TPSA) is 66.5 Å². The van der Waals surface area contributed by atoms with Crippen LogP contribution in [-0.4, -0.2) is 38.5 Å². The van der Waals surface area contributed by atoms with Gasteiger partial charge in [-0.2, -0.15) is 0 Å². The molecule has 8 heteroatoms.